The molecule has 0 bridgehead atoms. The summed E-state index contributed by atoms with van der Waals surface area (Å²) >= 11 is 0. The molecule has 5 nitrogen and oxygen atoms in total. The second-order valence-corrected chi connectivity index (χ2v) is 8.09. The van der Waals surface area contributed by atoms with Gasteiger partial charge in [-0.3, -0.25) is 4.79 Å². The highest BCUT2D eigenvalue weighted by Gasteiger charge is 2.04. The lowest BCUT2D eigenvalue weighted by atomic mass is 10.1. The van der Waals surface area contributed by atoms with Crippen molar-refractivity contribution in [1.29, 1.82) is 0 Å². The Morgan fingerprint density at radius 1 is 0.622 bits per heavy atom. The summed E-state index contributed by atoms with van der Waals surface area (Å²) in [5.74, 6) is 13.0. The van der Waals surface area contributed by atoms with Gasteiger partial charge in [-0.2, -0.15) is 0 Å². The minimum atomic E-state index is -0.492. The van der Waals surface area contributed by atoms with E-state index in [0.717, 1.165) is 22.3 Å². The number of Topliss-reactive ketones (excluding diaryl/α,β-unsaturated/α-hetero) is 1. The predicted molar refractivity (Wildman–Crippen MR) is 143 cm³/mol. The molecule has 0 radical (unpaired) electrons. The number of carbonyl (C=O) groups is 2. The van der Waals surface area contributed by atoms with Crippen LogP contribution in [0, 0.1) is 23.7 Å². The van der Waals surface area contributed by atoms with E-state index in [4.69, 9.17) is 14.2 Å². The molecule has 0 N–H and O–H groups in total. The topological polar surface area (TPSA) is 61.8 Å². The molecule has 0 fully saturated rings. The number of ether oxygens (including phenoxy) is 3. The fraction of sp³-hybridized carbons (Fsp3) is 0.125. The molecule has 37 heavy (non-hydrogen) atoms. The average molecular weight is 491 g/mol. The van der Waals surface area contributed by atoms with Crippen LogP contribution in [0.2, 0.25) is 0 Å². The highest BCUT2D eigenvalue weighted by atomic mass is 16.7. The molecule has 0 heterocycles. The molecule has 0 amide bonds. The van der Waals surface area contributed by atoms with Crippen LogP contribution in [-0.4, -0.2) is 25.2 Å². The van der Waals surface area contributed by atoms with Gasteiger partial charge in [-0.25, -0.2) is 4.79 Å². The highest BCUT2D eigenvalue weighted by Crippen LogP contribution is 2.13. The number of hydrogen-bond donors (Lipinski definition) is 0. The molecule has 0 spiro atoms. The number of hydrogen-bond acceptors (Lipinski definition) is 5. The molecule has 0 saturated heterocycles. The smallest absolute Gasteiger partial charge is 0.335 e. The molecule has 5 heteroatoms. The van der Waals surface area contributed by atoms with Crippen LogP contribution in [0.15, 0.2) is 97.1 Å². The maximum absolute atomic E-state index is 11.6. The van der Waals surface area contributed by atoms with Crippen LogP contribution in [0.4, 0.5) is 0 Å². The Kier molecular flexibility index (Phi) is 9.48. The lowest BCUT2D eigenvalue weighted by molar-refractivity contribution is -0.145. The van der Waals surface area contributed by atoms with Gasteiger partial charge in [0.05, 0.1) is 0 Å². The van der Waals surface area contributed by atoms with Crippen LogP contribution in [0.3, 0.4) is 0 Å². The zero-order valence-electron chi connectivity index (χ0n) is 20.8. The maximum atomic E-state index is 11.6. The summed E-state index contributed by atoms with van der Waals surface area (Å²) in [7, 11) is 0. The third-order valence-corrected chi connectivity index (χ3v) is 4.91. The van der Waals surface area contributed by atoms with E-state index in [0.29, 0.717) is 22.6 Å². The maximum Gasteiger partial charge on any atom is 0.335 e. The molecule has 0 aromatic heterocycles. The largest absolute Gasteiger partial charge is 0.485 e. The van der Waals surface area contributed by atoms with Crippen LogP contribution in [-0.2, 0) is 14.3 Å². The Hall–Kier alpha value is -5.00. The molecular weight excluding hydrogens is 464 g/mol. The number of esters is 1. The van der Waals surface area contributed by atoms with Crippen molar-refractivity contribution in [3.63, 3.8) is 0 Å². The van der Waals surface area contributed by atoms with Crippen molar-refractivity contribution in [2.45, 2.75) is 13.8 Å². The lowest BCUT2D eigenvalue weighted by Gasteiger charge is -2.06. The second kappa shape index (κ2) is 13.2. The molecule has 0 aliphatic rings. The Labute approximate surface area is 217 Å². The second-order valence-electron chi connectivity index (χ2n) is 8.09. The molecule has 0 saturated carbocycles. The summed E-state index contributed by atoms with van der Waals surface area (Å²) in [6, 6.07) is 22.1. The van der Waals surface area contributed by atoms with Crippen molar-refractivity contribution >= 4 is 11.8 Å². The fourth-order valence-corrected chi connectivity index (χ4v) is 2.74. The van der Waals surface area contributed by atoms with E-state index in [1.54, 1.807) is 38.1 Å². The van der Waals surface area contributed by atoms with Gasteiger partial charge in [0.2, 0.25) is 6.79 Å². The third-order valence-electron chi connectivity index (χ3n) is 4.91. The van der Waals surface area contributed by atoms with Crippen LogP contribution >= 0.6 is 0 Å². The van der Waals surface area contributed by atoms with Gasteiger partial charge in [-0.1, -0.05) is 36.8 Å². The van der Waals surface area contributed by atoms with Gasteiger partial charge in [0.25, 0.3) is 0 Å². The van der Waals surface area contributed by atoms with Gasteiger partial charge in [0, 0.05) is 27.8 Å². The van der Waals surface area contributed by atoms with Crippen molar-refractivity contribution in [1.82, 2.24) is 0 Å². The first-order valence-electron chi connectivity index (χ1n) is 11.4. The molecule has 0 unspecified atom stereocenters. The zero-order valence-corrected chi connectivity index (χ0v) is 20.8. The van der Waals surface area contributed by atoms with Crippen LogP contribution in [0.5, 0.6) is 11.5 Å². The van der Waals surface area contributed by atoms with E-state index >= 15 is 0 Å². The summed E-state index contributed by atoms with van der Waals surface area (Å²) in [6.45, 7) is 10.2. The van der Waals surface area contributed by atoms with E-state index in [1.807, 2.05) is 48.5 Å². The van der Waals surface area contributed by atoms with E-state index in [1.165, 1.54) is 0 Å². The first kappa shape index (κ1) is 26.6. The van der Waals surface area contributed by atoms with E-state index in [2.05, 4.69) is 36.8 Å². The van der Waals surface area contributed by atoms with E-state index in [9.17, 15) is 9.59 Å². The minimum Gasteiger partial charge on any atom is -0.485 e. The third kappa shape index (κ3) is 8.94. The summed E-state index contributed by atoms with van der Waals surface area (Å²) in [5.41, 5.74) is 4.19. The summed E-state index contributed by atoms with van der Waals surface area (Å²) in [4.78, 5) is 22.9. The Morgan fingerprint density at radius 2 is 1.00 bits per heavy atom. The van der Waals surface area contributed by atoms with E-state index in [-0.39, 0.29) is 19.2 Å². The number of ketones is 1. The Balaban J connectivity index is 1.52. The number of carbonyl (C=O) groups excluding carboxylic acids is 2. The monoisotopic (exact) mass is 490 g/mol. The lowest BCUT2D eigenvalue weighted by Crippen LogP contribution is -2.11. The first-order valence-corrected chi connectivity index (χ1v) is 11.4. The number of rotatable bonds is 8. The molecule has 3 aromatic carbocycles. The van der Waals surface area contributed by atoms with Crippen molar-refractivity contribution in [2.24, 2.45) is 0 Å². The molecule has 0 aliphatic carbocycles. The molecular formula is C32H26O5. The van der Waals surface area contributed by atoms with Crippen LogP contribution in [0.25, 0.3) is 0 Å². The first-order chi connectivity index (χ1) is 17.8. The predicted octanol–water partition coefficient (Wildman–Crippen LogP) is 5.47. The van der Waals surface area contributed by atoms with Gasteiger partial charge in [0.15, 0.2) is 12.4 Å². The van der Waals surface area contributed by atoms with Gasteiger partial charge in [0.1, 0.15) is 11.5 Å². The molecule has 3 aromatic rings. The highest BCUT2D eigenvalue weighted by molar-refractivity contribution is 5.95. The minimum absolute atomic E-state index is 0.0237. The van der Waals surface area contributed by atoms with Gasteiger partial charge in [-0.05, 0) is 92.2 Å². The van der Waals surface area contributed by atoms with Crippen molar-refractivity contribution in [3.8, 4) is 35.2 Å². The summed E-state index contributed by atoms with van der Waals surface area (Å²) < 4.78 is 15.7. The SMILES string of the molecule is C=C(C)C(=O)COc1ccc(C#Cc2ccc(C#Cc3ccc(OCOC(=O)C(=C)C)cc3)cc2)cc1. The molecule has 3 rings (SSSR count). The zero-order chi connectivity index (χ0) is 26.6. The standard InChI is InChI=1S/C32H26O5/c1-23(2)31(33)21-35-29-17-13-27(14-18-29)11-9-25-5-7-26(8-6-25)10-12-28-15-19-30(20-16-28)36-22-37-32(34)24(3)4/h5-8,13-20H,1,3,21-22H2,2,4H3. The summed E-state index contributed by atoms with van der Waals surface area (Å²) in [6.07, 6.45) is 0. The van der Waals surface area contributed by atoms with Crippen molar-refractivity contribution < 1.29 is 23.8 Å². The van der Waals surface area contributed by atoms with Crippen molar-refractivity contribution in [3.05, 3.63) is 119 Å². The average Bonchev–Trinajstić information content (AvgIpc) is 2.91. The Bertz CT molecular complexity index is 1410. The Morgan fingerprint density at radius 3 is 1.38 bits per heavy atom. The van der Waals surface area contributed by atoms with Crippen molar-refractivity contribution in [2.75, 3.05) is 13.4 Å². The van der Waals surface area contributed by atoms with Gasteiger partial charge >= 0.3 is 5.97 Å². The van der Waals surface area contributed by atoms with Crippen LogP contribution < -0.4 is 9.47 Å². The normalized spacial score (nSPS) is 9.57. The molecule has 0 atom stereocenters. The summed E-state index contributed by atoms with van der Waals surface area (Å²) in [5, 5.41) is 0. The fourth-order valence-electron chi connectivity index (χ4n) is 2.74. The molecule has 0 aliphatic heterocycles. The van der Waals surface area contributed by atoms with Gasteiger partial charge < -0.3 is 14.2 Å². The molecule has 184 valence electrons. The quantitative estimate of drug-likeness (QED) is 0.181. The van der Waals surface area contributed by atoms with Gasteiger partial charge in [-0.15, -0.1) is 0 Å². The van der Waals surface area contributed by atoms with E-state index < -0.39 is 5.97 Å². The van der Waals surface area contributed by atoms with Crippen LogP contribution in [0.1, 0.15) is 36.1 Å². The number of benzene rings is 3.